The van der Waals surface area contributed by atoms with Gasteiger partial charge in [0, 0.05) is 28.8 Å². The molecule has 6 nitrogen and oxygen atoms in total. The highest BCUT2D eigenvalue weighted by Gasteiger charge is 2.14. The first-order valence-corrected chi connectivity index (χ1v) is 11.6. The van der Waals surface area contributed by atoms with Gasteiger partial charge in [0.1, 0.15) is 5.75 Å². The molecule has 2 rings (SSSR count). The van der Waals surface area contributed by atoms with Crippen LogP contribution in [-0.2, 0) is 0 Å². The van der Waals surface area contributed by atoms with Crippen molar-refractivity contribution in [3.8, 4) is 5.75 Å². The molecule has 0 aromatic heterocycles. The van der Waals surface area contributed by atoms with Crippen molar-refractivity contribution in [2.75, 3.05) is 38.1 Å². The van der Waals surface area contributed by atoms with Crippen molar-refractivity contribution < 1.29 is 14.3 Å². The fourth-order valence-electron chi connectivity index (χ4n) is 3.00. The van der Waals surface area contributed by atoms with Crippen LogP contribution < -0.4 is 15.4 Å². The van der Waals surface area contributed by atoms with Gasteiger partial charge in [0.15, 0.2) is 0 Å². The van der Waals surface area contributed by atoms with Gasteiger partial charge in [-0.05, 0) is 62.0 Å². The zero-order chi connectivity index (χ0) is 22.6. The normalized spacial score (nSPS) is 10.7. The van der Waals surface area contributed by atoms with Crippen molar-refractivity contribution in [3.05, 3.63) is 58.1 Å². The highest BCUT2D eigenvalue weighted by atomic mass is 79.9. The van der Waals surface area contributed by atoms with Crippen LogP contribution in [0.4, 0.5) is 5.69 Å². The van der Waals surface area contributed by atoms with Gasteiger partial charge in [-0.1, -0.05) is 43.1 Å². The summed E-state index contributed by atoms with van der Waals surface area (Å²) in [5, 5.41) is 5.81. The van der Waals surface area contributed by atoms with Crippen LogP contribution in [0.15, 0.2) is 46.9 Å². The fourth-order valence-corrected chi connectivity index (χ4v) is 3.37. The van der Waals surface area contributed by atoms with E-state index < -0.39 is 0 Å². The van der Waals surface area contributed by atoms with Crippen molar-refractivity contribution in [1.82, 2.24) is 10.2 Å². The van der Waals surface area contributed by atoms with Gasteiger partial charge >= 0.3 is 0 Å². The highest BCUT2D eigenvalue weighted by molar-refractivity contribution is 9.10. The van der Waals surface area contributed by atoms with Crippen molar-refractivity contribution in [2.45, 2.75) is 33.6 Å². The molecule has 0 saturated carbocycles. The predicted molar refractivity (Wildman–Crippen MR) is 129 cm³/mol. The van der Waals surface area contributed by atoms with Gasteiger partial charge < -0.3 is 20.3 Å². The number of halogens is 1. The lowest BCUT2D eigenvalue weighted by atomic mass is 10.1. The molecule has 0 spiro atoms. The van der Waals surface area contributed by atoms with E-state index in [1.165, 1.54) is 0 Å². The number of amides is 2. The van der Waals surface area contributed by atoms with Gasteiger partial charge in [-0.2, -0.15) is 0 Å². The molecule has 0 aliphatic rings. The average molecular weight is 490 g/mol. The number of benzene rings is 2. The highest BCUT2D eigenvalue weighted by Crippen LogP contribution is 2.25. The average Bonchev–Trinajstić information content (AvgIpc) is 2.78. The Labute approximate surface area is 193 Å². The van der Waals surface area contributed by atoms with E-state index in [0.717, 1.165) is 36.9 Å². The predicted octanol–water partition coefficient (Wildman–Crippen LogP) is 4.95. The third-order valence-electron chi connectivity index (χ3n) is 4.95. The van der Waals surface area contributed by atoms with E-state index in [-0.39, 0.29) is 11.8 Å². The first-order valence-electron chi connectivity index (χ1n) is 10.8. The Bertz CT molecular complexity index is 852. The maximum Gasteiger partial charge on any atom is 0.259 e. The van der Waals surface area contributed by atoms with Gasteiger partial charge in [0.2, 0.25) is 0 Å². The SMILES string of the molecule is CCCCOc1ccc(Br)cc1C(=O)Nc1ccc(C(=O)NCCN(CC)CC)cc1. The topological polar surface area (TPSA) is 70.7 Å². The minimum absolute atomic E-state index is 0.122. The third kappa shape index (κ3) is 7.99. The summed E-state index contributed by atoms with van der Waals surface area (Å²) in [6.45, 7) is 10.2. The second-order valence-corrected chi connectivity index (χ2v) is 8.07. The molecule has 0 aliphatic heterocycles. The molecule has 0 aliphatic carbocycles. The van der Waals surface area contributed by atoms with Crippen LogP contribution in [0, 0.1) is 0 Å². The summed E-state index contributed by atoms with van der Waals surface area (Å²) >= 11 is 3.41. The first kappa shape index (κ1) is 24.9. The molecule has 7 heteroatoms. The zero-order valence-corrected chi connectivity index (χ0v) is 20.1. The Morgan fingerprint density at radius 2 is 1.71 bits per heavy atom. The zero-order valence-electron chi connectivity index (χ0n) is 18.5. The maximum atomic E-state index is 12.8. The molecule has 2 aromatic rings. The second-order valence-electron chi connectivity index (χ2n) is 7.16. The largest absolute Gasteiger partial charge is 0.493 e. The number of hydrogen-bond donors (Lipinski definition) is 2. The van der Waals surface area contributed by atoms with Gasteiger partial charge in [-0.25, -0.2) is 0 Å². The summed E-state index contributed by atoms with van der Waals surface area (Å²) in [5.74, 6) is 0.172. The van der Waals surface area contributed by atoms with Crippen molar-refractivity contribution >= 4 is 33.4 Å². The molecule has 2 aromatic carbocycles. The second kappa shape index (κ2) is 13.1. The molecule has 168 valence electrons. The molecule has 0 saturated heterocycles. The molecule has 0 atom stereocenters. The summed E-state index contributed by atoms with van der Waals surface area (Å²) in [5.41, 5.74) is 1.64. The monoisotopic (exact) mass is 489 g/mol. The number of nitrogens with one attached hydrogen (secondary N) is 2. The third-order valence-corrected chi connectivity index (χ3v) is 5.45. The molecular formula is C24H32BrN3O3. The van der Waals surface area contributed by atoms with Crippen LogP contribution in [0.5, 0.6) is 5.75 Å². The van der Waals surface area contributed by atoms with E-state index >= 15 is 0 Å². The van der Waals surface area contributed by atoms with Crippen molar-refractivity contribution in [1.29, 1.82) is 0 Å². The minimum atomic E-state index is -0.260. The van der Waals surface area contributed by atoms with Gasteiger partial charge in [-0.15, -0.1) is 0 Å². The maximum absolute atomic E-state index is 12.8. The summed E-state index contributed by atoms with van der Waals surface area (Å²) in [4.78, 5) is 27.4. The minimum Gasteiger partial charge on any atom is -0.493 e. The summed E-state index contributed by atoms with van der Waals surface area (Å²) in [6.07, 6.45) is 1.95. The lowest BCUT2D eigenvalue weighted by Gasteiger charge is -2.18. The van der Waals surface area contributed by atoms with E-state index in [1.54, 1.807) is 36.4 Å². The number of likely N-dealkylation sites (N-methyl/N-ethyl adjacent to an activating group) is 1. The molecule has 0 unspecified atom stereocenters. The number of nitrogens with zero attached hydrogens (tertiary/aromatic N) is 1. The lowest BCUT2D eigenvalue weighted by molar-refractivity contribution is 0.0948. The number of carbonyl (C=O) groups excluding carboxylic acids is 2. The molecule has 2 N–H and O–H groups in total. The lowest BCUT2D eigenvalue weighted by Crippen LogP contribution is -2.34. The Kier molecular flexibility index (Phi) is 10.5. The van der Waals surface area contributed by atoms with Crippen LogP contribution in [0.25, 0.3) is 0 Å². The number of rotatable bonds is 12. The Balaban J connectivity index is 1.97. The van der Waals surface area contributed by atoms with Gasteiger partial charge in [0.25, 0.3) is 11.8 Å². The number of ether oxygens (including phenoxy) is 1. The summed E-state index contributed by atoms with van der Waals surface area (Å²) < 4.78 is 6.58. The van der Waals surface area contributed by atoms with E-state index in [0.29, 0.717) is 35.7 Å². The van der Waals surface area contributed by atoms with E-state index in [9.17, 15) is 9.59 Å². The van der Waals surface area contributed by atoms with Gasteiger partial charge in [0.05, 0.1) is 12.2 Å². The van der Waals surface area contributed by atoms with E-state index in [4.69, 9.17) is 4.74 Å². The standard InChI is InChI=1S/C24H32BrN3O3/c1-4-7-16-31-22-13-10-19(25)17-21(22)24(30)27-20-11-8-18(9-12-20)23(29)26-14-15-28(5-2)6-3/h8-13,17H,4-7,14-16H2,1-3H3,(H,26,29)(H,27,30). The van der Waals surface area contributed by atoms with Crippen LogP contribution in [0.3, 0.4) is 0 Å². The van der Waals surface area contributed by atoms with Crippen molar-refractivity contribution in [3.63, 3.8) is 0 Å². The van der Waals surface area contributed by atoms with E-state index in [1.807, 2.05) is 6.07 Å². The molecule has 0 bridgehead atoms. The molecule has 2 amide bonds. The van der Waals surface area contributed by atoms with Crippen molar-refractivity contribution in [2.24, 2.45) is 0 Å². The number of anilines is 1. The quantitative estimate of drug-likeness (QED) is 0.413. The fraction of sp³-hybridized carbons (Fsp3) is 0.417. The summed E-state index contributed by atoms with van der Waals surface area (Å²) in [7, 11) is 0. The van der Waals surface area contributed by atoms with Crippen LogP contribution in [0.1, 0.15) is 54.3 Å². The molecule has 0 fully saturated rings. The molecule has 0 radical (unpaired) electrons. The molecule has 0 heterocycles. The number of unbranched alkanes of at least 4 members (excludes halogenated alkanes) is 1. The first-order chi connectivity index (χ1) is 15.0. The molecule has 31 heavy (non-hydrogen) atoms. The number of hydrogen-bond acceptors (Lipinski definition) is 4. The molecular weight excluding hydrogens is 458 g/mol. The Morgan fingerprint density at radius 1 is 1.00 bits per heavy atom. The van der Waals surface area contributed by atoms with E-state index in [2.05, 4.69) is 52.2 Å². The number of carbonyl (C=O) groups is 2. The van der Waals surface area contributed by atoms with Gasteiger partial charge in [-0.3, -0.25) is 9.59 Å². The Hall–Kier alpha value is -2.38. The summed E-state index contributed by atoms with van der Waals surface area (Å²) in [6, 6.07) is 12.3. The van der Waals surface area contributed by atoms with Crippen LogP contribution in [0.2, 0.25) is 0 Å². The Morgan fingerprint density at radius 3 is 2.35 bits per heavy atom. The smallest absolute Gasteiger partial charge is 0.259 e. The van der Waals surface area contributed by atoms with Crippen LogP contribution >= 0.6 is 15.9 Å². The van der Waals surface area contributed by atoms with Crippen LogP contribution in [-0.4, -0.2) is 49.5 Å².